The van der Waals surface area contributed by atoms with E-state index in [0.29, 0.717) is 0 Å². The van der Waals surface area contributed by atoms with Crippen LogP contribution in [0.3, 0.4) is 0 Å². The van der Waals surface area contributed by atoms with Gasteiger partial charge in [0.1, 0.15) is 0 Å². The molecule has 0 spiro atoms. The number of benzene rings is 1. The first-order valence-electron chi connectivity index (χ1n) is 6.25. The van der Waals surface area contributed by atoms with Crippen LogP contribution in [0.2, 0.25) is 0 Å². The van der Waals surface area contributed by atoms with E-state index in [-0.39, 0.29) is 5.91 Å². The summed E-state index contributed by atoms with van der Waals surface area (Å²) in [4.78, 5) is 14.2. The Labute approximate surface area is 111 Å². The number of rotatable bonds is 4. The first kappa shape index (κ1) is 12.6. The molecule has 0 N–H and O–H groups in total. The highest BCUT2D eigenvalue weighted by Gasteiger charge is 2.23. The third-order valence-corrected chi connectivity index (χ3v) is 3.99. The fourth-order valence-electron chi connectivity index (χ4n) is 2.12. The summed E-state index contributed by atoms with van der Waals surface area (Å²) < 4.78 is 1.01. The average molecular weight is 296 g/mol. The highest BCUT2D eigenvalue weighted by atomic mass is 79.9. The van der Waals surface area contributed by atoms with Crippen molar-refractivity contribution in [2.45, 2.75) is 26.2 Å². The van der Waals surface area contributed by atoms with Crippen molar-refractivity contribution in [3.05, 3.63) is 34.3 Å². The molecule has 17 heavy (non-hydrogen) atoms. The minimum atomic E-state index is 0.159. The van der Waals surface area contributed by atoms with E-state index in [1.807, 2.05) is 29.2 Å². The Morgan fingerprint density at radius 1 is 1.35 bits per heavy atom. The smallest absolute Gasteiger partial charge is 0.253 e. The van der Waals surface area contributed by atoms with E-state index < -0.39 is 0 Å². The highest BCUT2D eigenvalue weighted by Crippen LogP contribution is 2.27. The van der Waals surface area contributed by atoms with Crippen LogP contribution in [-0.4, -0.2) is 23.9 Å². The normalized spacial score (nSPS) is 15.4. The Hall–Kier alpha value is -0.830. The summed E-state index contributed by atoms with van der Waals surface area (Å²) >= 11 is 3.38. The van der Waals surface area contributed by atoms with Crippen LogP contribution >= 0.6 is 15.9 Å². The van der Waals surface area contributed by atoms with Crippen LogP contribution in [0, 0.1) is 5.92 Å². The quantitative estimate of drug-likeness (QED) is 0.829. The summed E-state index contributed by atoms with van der Waals surface area (Å²) in [6.45, 7) is 3.77. The molecule has 0 saturated heterocycles. The molecule has 1 aliphatic carbocycles. The molecule has 2 rings (SSSR count). The van der Waals surface area contributed by atoms with Crippen LogP contribution < -0.4 is 0 Å². The molecule has 0 radical (unpaired) electrons. The van der Waals surface area contributed by atoms with Crippen LogP contribution in [0.1, 0.15) is 36.5 Å². The maximum Gasteiger partial charge on any atom is 0.253 e. The topological polar surface area (TPSA) is 20.3 Å². The molecule has 2 nitrogen and oxygen atoms in total. The molecule has 1 aromatic rings. The van der Waals surface area contributed by atoms with Crippen LogP contribution in [-0.2, 0) is 0 Å². The van der Waals surface area contributed by atoms with Crippen molar-refractivity contribution in [3.63, 3.8) is 0 Å². The number of hydrogen-bond acceptors (Lipinski definition) is 1. The van der Waals surface area contributed by atoms with Crippen molar-refractivity contribution < 1.29 is 4.79 Å². The van der Waals surface area contributed by atoms with Crippen LogP contribution in [0.5, 0.6) is 0 Å². The first-order chi connectivity index (χ1) is 8.20. The van der Waals surface area contributed by atoms with Crippen LogP contribution in [0.4, 0.5) is 0 Å². The lowest BCUT2D eigenvalue weighted by atomic mass is 9.85. The van der Waals surface area contributed by atoms with Crippen molar-refractivity contribution in [3.8, 4) is 0 Å². The molecular weight excluding hydrogens is 278 g/mol. The largest absolute Gasteiger partial charge is 0.339 e. The van der Waals surface area contributed by atoms with Gasteiger partial charge in [-0.2, -0.15) is 0 Å². The maximum absolute atomic E-state index is 12.3. The molecular formula is C14H18BrNO. The van der Waals surface area contributed by atoms with E-state index in [0.717, 1.165) is 29.0 Å². The number of carbonyl (C=O) groups is 1. The number of nitrogens with zero attached hydrogens (tertiary/aromatic N) is 1. The van der Waals surface area contributed by atoms with E-state index in [1.54, 1.807) is 0 Å². The van der Waals surface area contributed by atoms with Gasteiger partial charge in [-0.05, 0) is 49.9 Å². The molecule has 1 saturated carbocycles. The number of halogens is 1. The fraction of sp³-hybridized carbons (Fsp3) is 0.500. The number of carbonyl (C=O) groups excluding carboxylic acids is 1. The lowest BCUT2D eigenvalue weighted by molar-refractivity contribution is 0.0706. The lowest BCUT2D eigenvalue weighted by Gasteiger charge is -2.31. The summed E-state index contributed by atoms with van der Waals surface area (Å²) in [7, 11) is 0. The van der Waals surface area contributed by atoms with Gasteiger partial charge >= 0.3 is 0 Å². The summed E-state index contributed by atoms with van der Waals surface area (Å²) in [6, 6.07) is 7.61. The van der Waals surface area contributed by atoms with Crippen molar-refractivity contribution in [2.75, 3.05) is 13.1 Å². The Bertz CT molecular complexity index is 384. The van der Waals surface area contributed by atoms with Crippen molar-refractivity contribution >= 4 is 21.8 Å². The van der Waals surface area contributed by atoms with Gasteiger partial charge in [0.15, 0.2) is 0 Å². The maximum atomic E-state index is 12.3. The van der Waals surface area contributed by atoms with Gasteiger partial charge in [-0.3, -0.25) is 4.79 Å². The molecule has 0 aromatic heterocycles. The molecule has 1 fully saturated rings. The molecule has 0 atom stereocenters. The third-order valence-electron chi connectivity index (χ3n) is 3.46. The SMILES string of the molecule is CCN(CC1CCC1)C(=O)c1ccc(Br)cc1. The van der Waals surface area contributed by atoms with Crippen molar-refractivity contribution in [2.24, 2.45) is 5.92 Å². The zero-order valence-corrected chi connectivity index (χ0v) is 11.7. The molecule has 1 aliphatic rings. The Morgan fingerprint density at radius 3 is 2.47 bits per heavy atom. The Morgan fingerprint density at radius 2 is 2.00 bits per heavy atom. The molecule has 1 aromatic carbocycles. The Kier molecular flexibility index (Phi) is 4.21. The lowest BCUT2D eigenvalue weighted by Crippen LogP contribution is -2.37. The predicted octanol–water partition coefficient (Wildman–Crippen LogP) is 3.71. The summed E-state index contributed by atoms with van der Waals surface area (Å²) in [5.41, 5.74) is 0.786. The van der Waals surface area contributed by atoms with Crippen LogP contribution in [0.25, 0.3) is 0 Å². The number of hydrogen-bond donors (Lipinski definition) is 0. The summed E-state index contributed by atoms with van der Waals surface area (Å²) in [5.74, 6) is 0.890. The Balaban J connectivity index is 2.02. The van der Waals surface area contributed by atoms with E-state index in [2.05, 4.69) is 22.9 Å². The fourth-order valence-corrected chi connectivity index (χ4v) is 2.38. The van der Waals surface area contributed by atoms with Gasteiger partial charge < -0.3 is 4.90 Å². The van der Waals surface area contributed by atoms with Gasteiger partial charge in [0.05, 0.1) is 0 Å². The van der Waals surface area contributed by atoms with Gasteiger partial charge in [0, 0.05) is 23.1 Å². The van der Waals surface area contributed by atoms with Gasteiger partial charge in [-0.1, -0.05) is 22.4 Å². The van der Waals surface area contributed by atoms with Crippen molar-refractivity contribution in [1.82, 2.24) is 4.90 Å². The monoisotopic (exact) mass is 295 g/mol. The van der Waals surface area contributed by atoms with Crippen LogP contribution in [0.15, 0.2) is 28.7 Å². The van der Waals surface area contributed by atoms with Crippen molar-refractivity contribution in [1.29, 1.82) is 0 Å². The second kappa shape index (κ2) is 5.67. The second-order valence-corrected chi connectivity index (χ2v) is 5.56. The highest BCUT2D eigenvalue weighted by molar-refractivity contribution is 9.10. The minimum absolute atomic E-state index is 0.159. The molecule has 0 aliphatic heterocycles. The zero-order valence-electron chi connectivity index (χ0n) is 10.2. The van der Waals surface area contributed by atoms with Gasteiger partial charge in [0.25, 0.3) is 5.91 Å². The van der Waals surface area contributed by atoms with Gasteiger partial charge in [0.2, 0.25) is 0 Å². The van der Waals surface area contributed by atoms with E-state index >= 15 is 0 Å². The molecule has 0 bridgehead atoms. The van der Waals surface area contributed by atoms with Gasteiger partial charge in [-0.15, -0.1) is 0 Å². The first-order valence-corrected chi connectivity index (χ1v) is 7.05. The average Bonchev–Trinajstić information content (AvgIpc) is 2.28. The summed E-state index contributed by atoms with van der Waals surface area (Å²) in [6.07, 6.45) is 3.89. The second-order valence-electron chi connectivity index (χ2n) is 4.65. The molecule has 0 heterocycles. The van der Waals surface area contributed by atoms with Gasteiger partial charge in [-0.25, -0.2) is 0 Å². The van der Waals surface area contributed by atoms with E-state index in [4.69, 9.17) is 0 Å². The standard InChI is InChI=1S/C14H18BrNO/c1-2-16(10-11-4-3-5-11)14(17)12-6-8-13(15)9-7-12/h6-9,11H,2-5,10H2,1H3. The zero-order chi connectivity index (χ0) is 12.3. The molecule has 3 heteroatoms. The predicted molar refractivity (Wildman–Crippen MR) is 73.1 cm³/mol. The molecule has 1 amide bonds. The van der Waals surface area contributed by atoms with E-state index in [1.165, 1.54) is 19.3 Å². The molecule has 0 unspecified atom stereocenters. The van der Waals surface area contributed by atoms with E-state index in [9.17, 15) is 4.79 Å². The third kappa shape index (κ3) is 3.09. The summed E-state index contributed by atoms with van der Waals surface area (Å²) in [5, 5.41) is 0. The minimum Gasteiger partial charge on any atom is -0.339 e. The molecule has 92 valence electrons. The number of amides is 1.